The quantitative estimate of drug-likeness (QED) is 0.752. The maximum absolute atomic E-state index is 12.2. The molecule has 21 heavy (non-hydrogen) atoms. The molecule has 0 aliphatic carbocycles. The first kappa shape index (κ1) is 13.6. The molecule has 7 heteroatoms. The van der Waals surface area contributed by atoms with E-state index in [1.165, 1.54) is 10.9 Å². The number of aromatic nitrogens is 3. The van der Waals surface area contributed by atoms with Crippen molar-refractivity contribution in [2.75, 3.05) is 6.61 Å². The number of esters is 1. The van der Waals surface area contributed by atoms with Gasteiger partial charge in [0.25, 0.3) is 5.56 Å². The fourth-order valence-electron chi connectivity index (χ4n) is 2.23. The van der Waals surface area contributed by atoms with Crippen molar-refractivity contribution >= 4 is 39.4 Å². The number of nitrogens with zero attached hydrogens (tertiary/aromatic N) is 2. The van der Waals surface area contributed by atoms with Gasteiger partial charge in [0.05, 0.1) is 23.0 Å². The molecule has 0 bridgehead atoms. The van der Waals surface area contributed by atoms with Crippen LogP contribution in [0.25, 0.3) is 21.8 Å². The summed E-state index contributed by atoms with van der Waals surface area (Å²) in [6, 6.07) is 5.24. The van der Waals surface area contributed by atoms with Crippen LogP contribution >= 0.6 is 11.6 Å². The van der Waals surface area contributed by atoms with E-state index in [1.807, 2.05) is 0 Å². The van der Waals surface area contributed by atoms with Gasteiger partial charge in [0.15, 0.2) is 0 Å². The third-order valence-corrected chi connectivity index (χ3v) is 3.38. The lowest BCUT2D eigenvalue weighted by molar-refractivity contribution is -0.144. The van der Waals surface area contributed by atoms with Crippen LogP contribution in [-0.2, 0) is 16.1 Å². The Morgan fingerprint density at radius 2 is 2.24 bits per heavy atom. The first-order chi connectivity index (χ1) is 10.1. The number of hydrogen-bond acceptors (Lipinski definition) is 4. The number of ether oxygens (including phenoxy) is 1. The molecule has 108 valence electrons. The molecule has 2 heterocycles. The van der Waals surface area contributed by atoms with Crippen LogP contribution in [0.5, 0.6) is 0 Å². The number of rotatable bonds is 3. The van der Waals surface area contributed by atoms with Crippen molar-refractivity contribution in [1.82, 2.24) is 14.8 Å². The van der Waals surface area contributed by atoms with Gasteiger partial charge in [-0.2, -0.15) is 0 Å². The highest BCUT2D eigenvalue weighted by molar-refractivity contribution is 6.31. The second-order valence-electron chi connectivity index (χ2n) is 4.52. The number of halogens is 1. The Kier molecular flexibility index (Phi) is 3.39. The lowest BCUT2D eigenvalue weighted by Gasteiger charge is -2.01. The van der Waals surface area contributed by atoms with E-state index in [0.29, 0.717) is 15.9 Å². The van der Waals surface area contributed by atoms with Gasteiger partial charge in [-0.1, -0.05) is 11.6 Å². The second kappa shape index (κ2) is 5.21. The van der Waals surface area contributed by atoms with Crippen LogP contribution < -0.4 is 5.56 Å². The van der Waals surface area contributed by atoms with Crippen molar-refractivity contribution in [3.8, 4) is 0 Å². The third kappa shape index (κ3) is 2.38. The molecule has 0 radical (unpaired) electrons. The molecule has 0 aliphatic heterocycles. The standard InChI is InChI=1S/C14H12ClN3O3/c1-2-21-12(19)7-18-14(20)10-6-16-11-4-3-8(15)5-9(11)13(10)17-18/h3-6,17H,2,7H2,1H3. The van der Waals surface area contributed by atoms with Gasteiger partial charge in [0.2, 0.25) is 0 Å². The van der Waals surface area contributed by atoms with E-state index in [-0.39, 0.29) is 18.7 Å². The van der Waals surface area contributed by atoms with Gasteiger partial charge in [-0.05, 0) is 25.1 Å². The molecule has 0 saturated heterocycles. The Labute approximate surface area is 124 Å². The summed E-state index contributed by atoms with van der Waals surface area (Å²) in [7, 11) is 0. The van der Waals surface area contributed by atoms with Crippen molar-refractivity contribution in [3.05, 3.63) is 39.8 Å². The topological polar surface area (TPSA) is 77.0 Å². The zero-order valence-corrected chi connectivity index (χ0v) is 12.0. The largest absolute Gasteiger partial charge is 0.465 e. The minimum absolute atomic E-state index is 0.163. The second-order valence-corrected chi connectivity index (χ2v) is 4.95. The Hall–Kier alpha value is -2.34. The van der Waals surface area contributed by atoms with E-state index in [4.69, 9.17) is 16.3 Å². The molecule has 0 unspecified atom stereocenters. The van der Waals surface area contributed by atoms with E-state index in [1.54, 1.807) is 25.1 Å². The average Bonchev–Trinajstić information content (AvgIpc) is 2.76. The molecule has 0 aliphatic rings. The third-order valence-electron chi connectivity index (χ3n) is 3.14. The minimum atomic E-state index is -0.471. The molecule has 0 fully saturated rings. The zero-order chi connectivity index (χ0) is 15.0. The number of carbonyl (C=O) groups excluding carboxylic acids is 1. The first-order valence-electron chi connectivity index (χ1n) is 6.42. The maximum atomic E-state index is 12.2. The fraction of sp³-hybridized carbons (Fsp3) is 0.214. The molecule has 3 rings (SSSR count). The van der Waals surface area contributed by atoms with Crippen molar-refractivity contribution in [1.29, 1.82) is 0 Å². The van der Waals surface area contributed by atoms with Crippen molar-refractivity contribution < 1.29 is 9.53 Å². The summed E-state index contributed by atoms with van der Waals surface area (Å²) in [5, 5.41) is 4.63. The Bertz CT molecular complexity index is 897. The molecule has 0 spiro atoms. The van der Waals surface area contributed by atoms with Crippen LogP contribution in [0.3, 0.4) is 0 Å². The predicted octanol–water partition coefficient (Wildman–Crippen LogP) is 2.09. The predicted molar refractivity (Wildman–Crippen MR) is 79.5 cm³/mol. The van der Waals surface area contributed by atoms with E-state index in [0.717, 1.165) is 10.9 Å². The van der Waals surface area contributed by atoms with Crippen LogP contribution in [0.2, 0.25) is 5.02 Å². The van der Waals surface area contributed by atoms with Crippen LogP contribution in [0.1, 0.15) is 6.92 Å². The van der Waals surface area contributed by atoms with Crippen molar-refractivity contribution in [2.45, 2.75) is 13.5 Å². The number of fused-ring (bicyclic) bond motifs is 3. The smallest absolute Gasteiger partial charge is 0.327 e. The molecular weight excluding hydrogens is 294 g/mol. The lowest BCUT2D eigenvalue weighted by Crippen LogP contribution is -2.23. The number of hydrogen-bond donors (Lipinski definition) is 1. The van der Waals surface area contributed by atoms with Crippen LogP contribution in [0.15, 0.2) is 29.2 Å². The number of aromatic amines is 1. The van der Waals surface area contributed by atoms with Crippen molar-refractivity contribution in [3.63, 3.8) is 0 Å². The molecule has 0 saturated carbocycles. The minimum Gasteiger partial charge on any atom is -0.465 e. The molecule has 2 aromatic heterocycles. The Balaban J connectivity index is 2.19. The first-order valence-corrected chi connectivity index (χ1v) is 6.80. The van der Waals surface area contributed by atoms with Crippen LogP contribution in [0.4, 0.5) is 0 Å². The van der Waals surface area contributed by atoms with Gasteiger partial charge in [-0.25, -0.2) is 4.68 Å². The normalized spacial score (nSPS) is 11.1. The van der Waals surface area contributed by atoms with E-state index in [2.05, 4.69) is 10.1 Å². The zero-order valence-electron chi connectivity index (χ0n) is 11.2. The molecule has 1 aromatic carbocycles. The maximum Gasteiger partial charge on any atom is 0.327 e. The number of nitrogens with one attached hydrogen (secondary N) is 1. The highest BCUT2D eigenvalue weighted by atomic mass is 35.5. The summed E-state index contributed by atoms with van der Waals surface area (Å²) in [4.78, 5) is 28.0. The lowest BCUT2D eigenvalue weighted by atomic mass is 10.2. The molecular formula is C14H12ClN3O3. The van der Waals surface area contributed by atoms with Gasteiger partial charge >= 0.3 is 5.97 Å². The molecule has 0 amide bonds. The Morgan fingerprint density at radius 1 is 1.43 bits per heavy atom. The summed E-state index contributed by atoms with van der Waals surface area (Å²) in [5.41, 5.74) is 1.01. The number of carbonyl (C=O) groups is 1. The number of H-pyrrole nitrogens is 1. The van der Waals surface area contributed by atoms with Gasteiger partial charge in [0, 0.05) is 16.6 Å². The molecule has 3 aromatic rings. The summed E-state index contributed by atoms with van der Waals surface area (Å²) in [6.45, 7) is 1.82. The van der Waals surface area contributed by atoms with Gasteiger partial charge in [-0.3, -0.25) is 19.7 Å². The molecule has 1 N–H and O–H groups in total. The highest BCUT2D eigenvalue weighted by Gasteiger charge is 2.13. The summed E-state index contributed by atoms with van der Waals surface area (Å²) in [5.74, 6) is -0.471. The van der Waals surface area contributed by atoms with Gasteiger partial charge in [0.1, 0.15) is 6.54 Å². The summed E-state index contributed by atoms with van der Waals surface area (Å²) in [6.07, 6.45) is 1.49. The average molecular weight is 306 g/mol. The van der Waals surface area contributed by atoms with E-state index >= 15 is 0 Å². The summed E-state index contributed by atoms with van der Waals surface area (Å²) >= 11 is 5.99. The fourth-order valence-corrected chi connectivity index (χ4v) is 2.40. The highest BCUT2D eigenvalue weighted by Crippen LogP contribution is 2.23. The van der Waals surface area contributed by atoms with Gasteiger partial charge in [-0.15, -0.1) is 0 Å². The number of benzene rings is 1. The van der Waals surface area contributed by atoms with E-state index in [9.17, 15) is 9.59 Å². The van der Waals surface area contributed by atoms with Crippen LogP contribution in [-0.4, -0.2) is 27.3 Å². The van der Waals surface area contributed by atoms with Gasteiger partial charge < -0.3 is 4.74 Å². The molecule has 6 nitrogen and oxygen atoms in total. The number of pyridine rings is 1. The molecule has 0 atom stereocenters. The van der Waals surface area contributed by atoms with Crippen LogP contribution in [0, 0.1) is 0 Å². The monoisotopic (exact) mass is 305 g/mol. The van der Waals surface area contributed by atoms with Crippen molar-refractivity contribution in [2.24, 2.45) is 0 Å². The van der Waals surface area contributed by atoms with E-state index < -0.39 is 5.97 Å². The summed E-state index contributed by atoms with van der Waals surface area (Å²) < 4.78 is 6.06. The Morgan fingerprint density at radius 3 is 3.00 bits per heavy atom. The SMILES string of the molecule is CCOC(=O)Cn1[nH]c2c(cnc3ccc(Cl)cc32)c1=O.